The lowest BCUT2D eigenvalue weighted by Crippen LogP contribution is -2.10. The van der Waals surface area contributed by atoms with Crippen LogP contribution < -0.4 is 11.5 Å². The van der Waals surface area contributed by atoms with Gasteiger partial charge in [0.1, 0.15) is 0 Å². The Morgan fingerprint density at radius 3 is 2.20 bits per heavy atom. The Hall–Kier alpha value is -0.0800. The molecule has 0 fully saturated rings. The lowest BCUT2D eigenvalue weighted by atomic mass is 9.97. The van der Waals surface area contributed by atoms with Crippen molar-refractivity contribution < 1.29 is 0 Å². The Morgan fingerprint density at radius 1 is 1.10 bits per heavy atom. The highest BCUT2D eigenvalue weighted by atomic mass is 14.5. The zero-order valence-electron chi connectivity index (χ0n) is 6.97. The van der Waals surface area contributed by atoms with Gasteiger partial charge in [0, 0.05) is 0 Å². The SMILES string of the molecule is CCC(CCN)CCCN. The van der Waals surface area contributed by atoms with Crippen molar-refractivity contribution in [3.63, 3.8) is 0 Å². The summed E-state index contributed by atoms with van der Waals surface area (Å²) in [4.78, 5) is 0. The average Bonchev–Trinajstić information content (AvgIpc) is 1.98. The van der Waals surface area contributed by atoms with Gasteiger partial charge in [0.25, 0.3) is 0 Å². The third-order valence-corrected chi connectivity index (χ3v) is 1.97. The van der Waals surface area contributed by atoms with E-state index in [1.165, 1.54) is 12.8 Å². The van der Waals surface area contributed by atoms with Crippen molar-refractivity contribution in [3.05, 3.63) is 0 Å². The van der Waals surface area contributed by atoms with Gasteiger partial charge in [0.15, 0.2) is 0 Å². The summed E-state index contributed by atoms with van der Waals surface area (Å²) in [6.45, 7) is 3.86. The van der Waals surface area contributed by atoms with E-state index in [0.29, 0.717) is 0 Å². The quantitative estimate of drug-likeness (QED) is 0.586. The molecule has 1 unspecified atom stereocenters. The zero-order valence-corrected chi connectivity index (χ0v) is 6.97. The van der Waals surface area contributed by atoms with Gasteiger partial charge >= 0.3 is 0 Å². The molecule has 0 heterocycles. The Labute approximate surface area is 64.0 Å². The molecule has 0 spiro atoms. The standard InChI is InChI=1S/C8H20N2/c1-2-8(5-7-10)4-3-6-9/h8H,2-7,9-10H2,1H3. The van der Waals surface area contributed by atoms with Gasteiger partial charge in [-0.3, -0.25) is 0 Å². The molecule has 0 aliphatic rings. The zero-order chi connectivity index (χ0) is 7.82. The fourth-order valence-electron chi connectivity index (χ4n) is 1.19. The molecule has 0 radical (unpaired) electrons. The van der Waals surface area contributed by atoms with Crippen LogP contribution in [0.25, 0.3) is 0 Å². The molecule has 0 aliphatic carbocycles. The van der Waals surface area contributed by atoms with E-state index in [1.807, 2.05) is 0 Å². The monoisotopic (exact) mass is 144 g/mol. The van der Waals surface area contributed by atoms with Crippen LogP contribution in [0.4, 0.5) is 0 Å². The van der Waals surface area contributed by atoms with E-state index in [2.05, 4.69) is 6.92 Å². The second kappa shape index (κ2) is 7.03. The number of rotatable bonds is 6. The van der Waals surface area contributed by atoms with E-state index >= 15 is 0 Å². The van der Waals surface area contributed by atoms with Crippen LogP contribution in [-0.4, -0.2) is 13.1 Å². The second-order valence-corrected chi connectivity index (χ2v) is 2.78. The molecule has 0 rings (SSSR count). The maximum absolute atomic E-state index is 5.45. The van der Waals surface area contributed by atoms with Crippen molar-refractivity contribution in [1.82, 2.24) is 0 Å². The Morgan fingerprint density at radius 2 is 1.80 bits per heavy atom. The van der Waals surface area contributed by atoms with Gasteiger partial charge in [-0.25, -0.2) is 0 Å². The Kier molecular flexibility index (Phi) is 6.98. The topological polar surface area (TPSA) is 52.0 Å². The van der Waals surface area contributed by atoms with Crippen LogP contribution in [-0.2, 0) is 0 Å². The average molecular weight is 144 g/mol. The third-order valence-electron chi connectivity index (χ3n) is 1.97. The Bertz CT molecular complexity index is 64.3. The van der Waals surface area contributed by atoms with Crippen LogP contribution in [0, 0.1) is 5.92 Å². The predicted octanol–water partition coefficient (Wildman–Crippen LogP) is 1.10. The van der Waals surface area contributed by atoms with Crippen molar-refractivity contribution >= 4 is 0 Å². The molecule has 0 aromatic heterocycles. The first-order chi connectivity index (χ1) is 4.85. The van der Waals surface area contributed by atoms with E-state index in [-0.39, 0.29) is 0 Å². The summed E-state index contributed by atoms with van der Waals surface area (Å²) in [5.74, 6) is 0.813. The molecule has 0 aromatic rings. The molecule has 0 saturated carbocycles. The summed E-state index contributed by atoms with van der Waals surface area (Å²) in [6, 6.07) is 0. The minimum atomic E-state index is 0.813. The molecule has 1 atom stereocenters. The van der Waals surface area contributed by atoms with E-state index < -0.39 is 0 Å². The molecular weight excluding hydrogens is 124 g/mol. The largest absolute Gasteiger partial charge is 0.330 e. The summed E-state index contributed by atoms with van der Waals surface area (Å²) < 4.78 is 0. The van der Waals surface area contributed by atoms with Crippen LogP contribution in [0.2, 0.25) is 0 Å². The summed E-state index contributed by atoms with van der Waals surface area (Å²) in [5, 5.41) is 0. The van der Waals surface area contributed by atoms with Crippen molar-refractivity contribution in [2.75, 3.05) is 13.1 Å². The maximum atomic E-state index is 5.45. The molecule has 10 heavy (non-hydrogen) atoms. The molecule has 2 heteroatoms. The molecule has 4 N–H and O–H groups in total. The van der Waals surface area contributed by atoms with Crippen LogP contribution >= 0.6 is 0 Å². The van der Waals surface area contributed by atoms with E-state index in [9.17, 15) is 0 Å². The summed E-state index contributed by atoms with van der Waals surface area (Å²) >= 11 is 0. The third kappa shape index (κ3) is 4.77. The van der Waals surface area contributed by atoms with E-state index in [4.69, 9.17) is 11.5 Å². The maximum Gasteiger partial charge on any atom is -0.00746 e. The highest BCUT2D eigenvalue weighted by molar-refractivity contribution is 4.57. The van der Waals surface area contributed by atoms with E-state index in [0.717, 1.165) is 31.8 Å². The summed E-state index contributed by atoms with van der Waals surface area (Å²) in [6.07, 6.45) is 4.82. The second-order valence-electron chi connectivity index (χ2n) is 2.78. The minimum Gasteiger partial charge on any atom is -0.330 e. The van der Waals surface area contributed by atoms with Gasteiger partial charge in [-0.2, -0.15) is 0 Å². The number of nitrogens with two attached hydrogens (primary N) is 2. The molecule has 0 saturated heterocycles. The molecule has 0 bridgehead atoms. The number of hydrogen-bond acceptors (Lipinski definition) is 2. The van der Waals surface area contributed by atoms with Crippen LogP contribution in [0.5, 0.6) is 0 Å². The van der Waals surface area contributed by atoms with Gasteiger partial charge < -0.3 is 11.5 Å². The van der Waals surface area contributed by atoms with Gasteiger partial charge in [-0.15, -0.1) is 0 Å². The van der Waals surface area contributed by atoms with Crippen molar-refractivity contribution in [2.45, 2.75) is 32.6 Å². The smallest absolute Gasteiger partial charge is 0.00746 e. The molecule has 0 aromatic carbocycles. The van der Waals surface area contributed by atoms with Crippen LogP contribution in [0.3, 0.4) is 0 Å². The van der Waals surface area contributed by atoms with E-state index in [1.54, 1.807) is 0 Å². The molecular formula is C8H20N2. The summed E-state index contributed by atoms with van der Waals surface area (Å²) in [7, 11) is 0. The normalized spacial score (nSPS) is 13.5. The molecule has 0 amide bonds. The van der Waals surface area contributed by atoms with Gasteiger partial charge in [-0.1, -0.05) is 13.3 Å². The van der Waals surface area contributed by atoms with Gasteiger partial charge in [0.2, 0.25) is 0 Å². The summed E-state index contributed by atoms with van der Waals surface area (Å²) in [5.41, 5.74) is 10.8. The fraction of sp³-hybridized carbons (Fsp3) is 1.00. The molecule has 0 aliphatic heterocycles. The predicted molar refractivity (Wildman–Crippen MR) is 45.7 cm³/mol. The first-order valence-corrected chi connectivity index (χ1v) is 4.25. The highest BCUT2D eigenvalue weighted by Crippen LogP contribution is 2.13. The number of hydrogen-bond donors (Lipinski definition) is 2. The lowest BCUT2D eigenvalue weighted by Gasteiger charge is -2.11. The lowest BCUT2D eigenvalue weighted by molar-refractivity contribution is 0.432. The van der Waals surface area contributed by atoms with Crippen molar-refractivity contribution in [3.8, 4) is 0 Å². The van der Waals surface area contributed by atoms with Gasteiger partial charge in [0.05, 0.1) is 0 Å². The van der Waals surface area contributed by atoms with Crippen molar-refractivity contribution in [2.24, 2.45) is 17.4 Å². The van der Waals surface area contributed by atoms with Crippen LogP contribution in [0.1, 0.15) is 32.6 Å². The first kappa shape index (κ1) is 9.92. The van der Waals surface area contributed by atoms with Crippen molar-refractivity contribution in [1.29, 1.82) is 0 Å². The van der Waals surface area contributed by atoms with Crippen LogP contribution in [0.15, 0.2) is 0 Å². The Balaban J connectivity index is 3.21. The first-order valence-electron chi connectivity index (χ1n) is 4.25. The molecule has 2 nitrogen and oxygen atoms in total. The molecule has 62 valence electrons. The minimum absolute atomic E-state index is 0.813. The highest BCUT2D eigenvalue weighted by Gasteiger charge is 2.02. The fourth-order valence-corrected chi connectivity index (χ4v) is 1.19. The van der Waals surface area contributed by atoms with Gasteiger partial charge in [-0.05, 0) is 38.3 Å².